The standard InChI is InChI=1S/C43H53BrN4O4Si/c1-29(2)12-11-13-30(3)22-25-48-39-21-16-33(44)26-37(39)43(42(48)50)31(4)41(53(6,7)35-19-17-34(51-5)18-20-35)40(52-43)23-24-47-27-38(45-46-47)36(28-49)32-14-9-8-10-15-32/h8-10,12,14-22,26-27,31,36,40-41,49H,11,13,23-25,28H2,1-7H3/b30-22+/t31-,36?,40+,41-,43+/m0/s1. The number of hydrogen-bond acceptors (Lipinski definition) is 6. The molecular weight excluding hydrogens is 744 g/mol. The van der Waals surface area contributed by atoms with Crippen molar-refractivity contribution >= 4 is 40.8 Å². The highest BCUT2D eigenvalue weighted by atomic mass is 79.9. The van der Waals surface area contributed by atoms with Crippen LogP contribution in [0.3, 0.4) is 0 Å². The molecule has 1 aromatic heterocycles. The van der Waals surface area contributed by atoms with Crippen molar-refractivity contribution in [1.29, 1.82) is 0 Å². The van der Waals surface area contributed by atoms with Crippen molar-refractivity contribution in [3.63, 3.8) is 0 Å². The molecule has 280 valence electrons. The number of aliphatic hydroxyl groups excluding tert-OH is 1. The zero-order valence-electron chi connectivity index (χ0n) is 32.1. The van der Waals surface area contributed by atoms with E-state index in [9.17, 15) is 5.11 Å². The molecule has 1 saturated heterocycles. The molecule has 8 nitrogen and oxygen atoms in total. The van der Waals surface area contributed by atoms with Gasteiger partial charge in [-0.1, -0.05) is 112 Å². The quantitative estimate of drug-likeness (QED) is 0.102. The summed E-state index contributed by atoms with van der Waals surface area (Å²) in [6, 6.07) is 24.6. The van der Waals surface area contributed by atoms with E-state index in [0.29, 0.717) is 19.5 Å². The van der Waals surface area contributed by atoms with E-state index in [-0.39, 0.29) is 36.0 Å². The Bertz CT molecular complexity index is 1960. The van der Waals surface area contributed by atoms with Crippen LogP contribution in [0, 0.1) is 5.92 Å². The molecule has 6 rings (SSSR count). The molecule has 53 heavy (non-hydrogen) atoms. The third-order valence-corrected chi connectivity index (χ3v) is 16.3. The molecule has 3 heterocycles. The molecule has 0 saturated carbocycles. The molecule has 1 amide bonds. The summed E-state index contributed by atoms with van der Waals surface area (Å²) in [7, 11) is -0.619. The number of fused-ring (bicyclic) bond motifs is 2. The number of aliphatic hydroxyl groups is 1. The summed E-state index contributed by atoms with van der Waals surface area (Å²) in [6.07, 6.45) is 8.77. The molecule has 4 aromatic rings. The van der Waals surface area contributed by atoms with E-state index < -0.39 is 13.7 Å². The summed E-state index contributed by atoms with van der Waals surface area (Å²) >= 11 is 3.73. The van der Waals surface area contributed by atoms with Crippen molar-refractivity contribution in [3.05, 3.63) is 124 Å². The average molecular weight is 798 g/mol. The van der Waals surface area contributed by atoms with Gasteiger partial charge in [0.25, 0.3) is 5.91 Å². The van der Waals surface area contributed by atoms with Gasteiger partial charge in [0.15, 0.2) is 5.60 Å². The summed E-state index contributed by atoms with van der Waals surface area (Å²) in [6.45, 7) is 14.4. The second-order valence-electron chi connectivity index (χ2n) is 15.4. The minimum atomic E-state index is -2.31. The van der Waals surface area contributed by atoms with Crippen LogP contribution in [0.5, 0.6) is 5.75 Å². The number of rotatable bonds is 14. The van der Waals surface area contributed by atoms with Crippen LogP contribution < -0.4 is 14.8 Å². The van der Waals surface area contributed by atoms with Gasteiger partial charge in [0, 0.05) is 35.2 Å². The highest BCUT2D eigenvalue weighted by molar-refractivity contribution is 9.10. The van der Waals surface area contributed by atoms with E-state index in [1.807, 2.05) is 64.3 Å². The van der Waals surface area contributed by atoms with Crippen LogP contribution in [0.15, 0.2) is 107 Å². The number of aryl methyl sites for hydroxylation is 1. The smallest absolute Gasteiger partial charge is 0.264 e. The van der Waals surface area contributed by atoms with Crippen LogP contribution in [-0.4, -0.2) is 60.4 Å². The van der Waals surface area contributed by atoms with Crippen molar-refractivity contribution in [2.75, 3.05) is 25.2 Å². The Morgan fingerprint density at radius 1 is 1.08 bits per heavy atom. The SMILES string of the molecule is COc1ccc([Si](C)(C)[C@@H]2[C@@H](CCn3cc(C(CO)c4ccccc4)nn3)O[C@]3(C(=O)N(C/C=C(\C)CCC=C(C)C)c4ccc(Br)cc43)[C@H]2C)cc1. The Hall–Kier alpha value is -3.83. The van der Waals surface area contributed by atoms with Crippen LogP contribution in [0.4, 0.5) is 5.69 Å². The van der Waals surface area contributed by atoms with Gasteiger partial charge in [0.1, 0.15) is 5.75 Å². The zero-order valence-corrected chi connectivity index (χ0v) is 34.6. The number of allylic oxidation sites excluding steroid dienone is 3. The summed E-state index contributed by atoms with van der Waals surface area (Å²) in [5.41, 5.74) is 5.13. The van der Waals surface area contributed by atoms with E-state index in [2.05, 4.69) is 103 Å². The highest BCUT2D eigenvalue weighted by Crippen LogP contribution is 2.60. The minimum Gasteiger partial charge on any atom is -0.497 e. The van der Waals surface area contributed by atoms with E-state index in [1.54, 1.807) is 7.11 Å². The molecule has 1 fully saturated rings. The van der Waals surface area contributed by atoms with E-state index in [4.69, 9.17) is 9.47 Å². The molecule has 5 atom stereocenters. The Morgan fingerprint density at radius 2 is 1.81 bits per heavy atom. The number of hydrogen-bond donors (Lipinski definition) is 1. The number of benzene rings is 3. The normalized spacial score (nSPS) is 22.0. The molecule has 1 N–H and O–H groups in total. The lowest BCUT2D eigenvalue weighted by atomic mass is 9.82. The van der Waals surface area contributed by atoms with Gasteiger partial charge in [-0.2, -0.15) is 0 Å². The van der Waals surface area contributed by atoms with Crippen molar-refractivity contribution in [2.24, 2.45) is 5.92 Å². The predicted octanol–water partition coefficient (Wildman–Crippen LogP) is 8.52. The fourth-order valence-corrected chi connectivity index (χ4v) is 13.0. The fourth-order valence-electron chi connectivity index (χ4n) is 8.57. The fraction of sp³-hybridized carbons (Fsp3) is 0.419. The van der Waals surface area contributed by atoms with Gasteiger partial charge in [-0.15, -0.1) is 5.10 Å². The molecule has 0 radical (unpaired) electrons. The first-order chi connectivity index (χ1) is 25.4. The monoisotopic (exact) mass is 796 g/mol. The first-order valence-electron chi connectivity index (χ1n) is 18.7. The summed E-state index contributed by atoms with van der Waals surface area (Å²) < 4.78 is 15.6. The summed E-state index contributed by atoms with van der Waals surface area (Å²) in [4.78, 5) is 17.0. The number of nitrogens with zero attached hydrogens (tertiary/aromatic N) is 4. The molecule has 2 aliphatic rings. The maximum absolute atomic E-state index is 15.1. The summed E-state index contributed by atoms with van der Waals surface area (Å²) in [5.74, 6) is 0.473. The number of halogens is 1. The lowest BCUT2D eigenvalue weighted by molar-refractivity contribution is -0.145. The molecule has 0 bridgehead atoms. The number of anilines is 1. The van der Waals surface area contributed by atoms with Crippen molar-refractivity contribution < 1.29 is 19.4 Å². The van der Waals surface area contributed by atoms with Crippen LogP contribution >= 0.6 is 15.9 Å². The molecule has 1 unspecified atom stereocenters. The number of carbonyl (C=O) groups excluding carboxylic acids is 1. The minimum absolute atomic E-state index is 0.00942. The predicted molar refractivity (Wildman–Crippen MR) is 219 cm³/mol. The van der Waals surface area contributed by atoms with Crippen LogP contribution in [0.2, 0.25) is 18.6 Å². The Kier molecular flexibility index (Phi) is 11.9. The topological polar surface area (TPSA) is 89.7 Å². The largest absolute Gasteiger partial charge is 0.497 e. The van der Waals surface area contributed by atoms with Crippen molar-refractivity contribution in [1.82, 2.24) is 15.0 Å². The Labute approximate surface area is 324 Å². The van der Waals surface area contributed by atoms with Crippen LogP contribution in [-0.2, 0) is 21.7 Å². The molecule has 2 aliphatic heterocycles. The second-order valence-corrected chi connectivity index (χ2v) is 21.0. The van der Waals surface area contributed by atoms with E-state index in [0.717, 1.165) is 45.6 Å². The Morgan fingerprint density at radius 3 is 2.49 bits per heavy atom. The number of methoxy groups -OCH3 is 1. The third-order valence-electron chi connectivity index (χ3n) is 11.5. The van der Waals surface area contributed by atoms with Gasteiger partial charge >= 0.3 is 0 Å². The van der Waals surface area contributed by atoms with Crippen LogP contribution in [0.25, 0.3) is 0 Å². The summed E-state index contributed by atoms with van der Waals surface area (Å²) in [5, 5.41) is 20.6. The highest BCUT2D eigenvalue weighted by Gasteiger charge is 2.66. The zero-order chi connectivity index (χ0) is 37.9. The van der Waals surface area contributed by atoms with Crippen LogP contribution in [0.1, 0.15) is 69.7 Å². The van der Waals surface area contributed by atoms with E-state index in [1.165, 1.54) is 16.3 Å². The van der Waals surface area contributed by atoms with Gasteiger partial charge in [0.05, 0.1) is 45.2 Å². The third kappa shape index (κ3) is 7.74. The van der Waals surface area contributed by atoms with Gasteiger partial charge in [-0.3, -0.25) is 9.48 Å². The average Bonchev–Trinajstić information content (AvgIpc) is 3.80. The van der Waals surface area contributed by atoms with E-state index >= 15 is 4.79 Å². The Balaban J connectivity index is 1.35. The second kappa shape index (κ2) is 16.3. The molecule has 0 aliphatic carbocycles. The number of aromatic nitrogens is 3. The van der Waals surface area contributed by atoms with Gasteiger partial charge in [0.2, 0.25) is 0 Å². The van der Waals surface area contributed by atoms with Crippen molar-refractivity contribution in [3.8, 4) is 5.75 Å². The molecular formula is C43H53BrN4O4Si. The first kappa shape index (κ1) is 38.9. The lowest BCUT2D eigenvalue weighted by Gasteiger charge is -2.37. The molecule has 10 heteroatoms. The number of ether oxygens (including phenoxy) is 2. The number of carbonyl (C=O) groups is 1. The first-order valence-corrected chi connectivity index (χ1v) is 22.6. The molecule has 1 spiro atoms. The number of amides is 1. The maximum atomic E-state index is 15.1. The van der Waals surface area contributed by atoms with Gasteiger partial charge < -0.3 is 19.5 Å². The van der Waals surface area contributed by atoms with Gasteiger partial charge in [-0.25, -0.2) is 0 Å². The molecule has 3 aromatic carbocycles. The maximum Gasteiger partial charge on any atom is 0.264 e. The van der Waals surface area contributed by atoms with Gasteiger partial charge in [-0.05, 0) is 81.5 Å². The lowest BCUT2D eigenvalue weighted by Crippen LogP contribution is -2.52. The van der Waals surface area contributed by atoms with Crippen molar-refractivity contribution in [2.45, 2.75) is 89.8 Å².